The van der Waals surface area contributed by atoms with Crippen molar-refractivity contribution in [1.29, 1.82) is 0 Å². The third-order valence-corrected chi connectivity index (χ3v) is 2.96. The standard InChI is InChI=1S/C12H18N2O/c1-14-7-6-11(9-14)13-8-10-4-2-3-5-12(10)15/h2-5,11,13,15H,6-9H2,1H3. The molecule has 1 aromatic rings. The highest BCUT2D eigenvalue weighted by atomic mass is 16.3. The average Bonchev–Trinajstić information content (AvgIpc) is 2.63. The summed E-state index contributed by atoms with van der Waals surface area (Å²) >= 11 is 0. The molecule has 0 amide bonds. The highest BCUT2D eigenvalue weighted by Gasteiger charge is 2.18. The summed E-state index contributed by atoms with van der Waals surface area (Å²) in [5.74, 6) is 0.386. The zero-order valence-electron chi connectivity index (χ0n) is 9.11. The van der Waals surface area contributed by atoms with E-state index >= 15 is 0 Å². The Labute approximate surface area is 90.7 Å². The molecule has 82 valence electrons. The summed E-state index contributed by atoms with van der Waals surface area (Å²) in [5, 5.41) is 13.1. The minimum atomic E-state index is 0.386. The number of benzene rings is 1. The maximum Gasteiger partial charge on any atom is 0.120 e. The van der Waals surface area contributed by atoms with E-state index in [-0.39, 0.29) is 0 Å². The number of likely N-dealkylation sites (N-methyl/N-ethyl adjacent to an activating group) is 1. The van der Waals surface area contributed by atoms with Crippen molar-refractivity contribution >= 4 is 0 Å². The molecule has 0 radical (unpaired) electrons. The van der Waals surface area contributed by atoms with Gasteiger partial charge in [0, 0.05) is 24.7 Å². The zero-order chi connectivity index (χ0) is 10.7. The molecule has 3 heteroatoms. The second-order valence-electron chi connectivity index (χ2n) is 4.26. The summed E-state index contributed by atoms with van der Waals surface area (Å²) < 4.78 is 0. The Hall–Kier alpha value is -1.06. The van der Waals surface area contributed by atoms with E-state index in [1.165, 1.54) is 13.0 Å². The summed E-state index contributed by atoms with van der Waals surface area (Å²) in [6.07, 6.45) is 1.20. The zero-order valence-corrected chi connectivity index (χ0v) is 9.11. The second-order valence-corrected chi connectivity index (χ2v) is 4.26. The molecule has 0 bridgehead atoms. The van der Waals surface area contributed by atoms with Crippen molar-refractivity contribution in [2.24, 2.45) is 0 Å². The van der Waals surface area contributed by atoms with Gasteiger partial charge < -0.3 is 15.3 Å². The molecule has 1 unspecified atom stereocenters. The first-order chi connectivity index (χ1) is 7.25. The van der Waals surface area contributed by atoms with E-state index in [1.54, 1.807) is 6.07 Å². The molecule has 15 heavy (non-hydrogen) atoms. The average molecular weight is 206 g/mol. The number of nitrogens with zero attached hydrogens (tertiary/aromatic N) is 1. The number of para-hydroxylation sites is 1. The maximum atomic E-state index is 9.59. The molecule has 1 atom stereocenters. The van der Waals surface area contributed by atoms with Crippen LogP contribution in [0.25, 0.3) is 0 Å². The molecule has 1 saturated heterocycles. The number of likely N-dealkylation sites (tertiary alicyclic amines) is 1. The van der Waals surface area contributed by atoms with Gasteiger partial charge in [0.15, 0.2) is 0 Å². The quantitative estimate of drug-likeness (QED) is 0.779. The van der Waals surface area contributed by atoms with Crippen molar-refractivity contribution in [3.05, 3.63) is 29.8 Å². The van der Waals surface area contributed by atoms with Crippen LogP contribution in [0.4, 0.5) is 0 Å². The summed E-state index contributed by atoms with van der Waals surface area (Å²) in [6.45, 7) is 3.03. The van der Waals surface area contributed by atoms with E-state index in [2.05, 4.69) is 17.3 Å². The highest BCUT2D eigenvalue weighted by molar-refractivity contribution is 5.31. The van der Waals surface area contributed by atoms with Crippen molar-refractivity contribution in [2.45, 2.75) is 19.0 Å². The Morgan fingerprint density at radius 1 is 1.47 bits per heavy atom. The van der Waals surface area contributed by atoms with Crippen LogP contribution in [-0.2, 0) is 6.54 Å². The van der Waals surface area contributed by atoms with Crippen molar-refractivity contribution in [2.75, 3.05) is 20.1 Å². The largest absolute Gasteiger partial charge is 0.508 e. The molecule has 1 aliphatic heterocycles. The lowest BCUT2D eigenvalue weighted by Gasteiger charge is -2.13. The normalized spacial score (nSPS) is 22.1. The minimum Gasteiger partial charge on any atom is -0.508 e. The molecule has 1 fully saturated rings. The summed E-state index contributed by atoms with van der Waals surface area (Å²) in [5.41, 5.74) is 0.979. The van der Waals surface area contributed by atoms with E-state index < -0.39 is 0 Å². The lowest BCUT2D eigenvalue weighted by Crippen LogP contribution is -2.30. The van der Waals surface area contributed by atoms with Gasteiger partial charge in [0.05, 0.1) is 0 Å². The van der Waals surface area contributed by atoms with Gasteiger partial charge in [-0.1, -0.05) is 18.2 Å². The van der Waals surface area contributed by atoms with Crippen molar-refractivity contribution in [3.63, 3.8) is 0 Å². The van der Waals surface area contributed by atoms with Gasteiger partial charge in [-0.25, -0.2) is 0 Å². The summed E-state index contributed by atoms with van der Waals surface area (Å²) in [7, 11) is 2.14. The van der Waals surface area contributed by atoms with Crippen LogP contribution in [0.15, 0.2) is 24.3 Å². The van der Waals surface area contributed by atoms with Crippen LogP contribution in [0.1, 0.15) is 12.0 Å². The number of rotatable bonds is 3. The smallest absolute Gasteiger partial charge is 0.120 e. The van der Waals surface area contributed by atoms with Gasteiger partial charge in [0.1, 0.15) is 5.75 Å². The van der Waals surface area contributed by atoms with E-state index in [0.717, 1.165) is 18.7 Å². The third kappa shape index (κ3) is 2.70. The van der Waals surface area contributed by atoms with E-state index in [4.69, 9.17) is 0 Å². The van der Waals surface area contributed by atoms with Crippen molar-refractivity contribution < 1.29 is 5.11 Å². The van der Waals surface area contributed by atoms with Crippen LogP contribution in [0.3, 0.4) is 0 Å². The fourth-order valence-electron chi connectivity index (χ4n) is 2.02. The van der Waals surface area contributed by atoms with Crippen LogP contribution >= 0.6 is 0 Å². The fourth-order valence-corrected chi connectivity index (χ4v) is 2.02. The summed E-state index contributed by atoms with van der Waals surface area (Å²) in [6, 6.07) is 8.06. The predicted molar refractivity (Wildman–Crippen MR) is 60.8 cm³/mol. The van der Waals surface area contributed by atoms with Gasteiger partial charge in [-0.15, -0.1) is 0 Å². The molecule has 0 spiro atoms. The van der Waals surface area contributed by atoms with Gasteiger partial charge >= 0.3 is 0 Å². The summed E-state index contributed by atoms with van der Waals surface area (Å²) in [4.78, 5) is 2.32. The number of hydrogen-bond donors (Lipinski definition) is 2. The maximum absolute atomic E-state index is 9.59. The van der Waals surface area contributed by atoms with Gasteiger partial charge in [-0.05, 0) is 26.1 Å². The van der Waals surface area contributed by atoms with Crippen LogP contribution in [0.2, 0.25) is 0 Å². The van der Waals surface area contributed by atoms with Gasteiger partial charge in [0.2, 0.25) is 0 Å². The Balaban J connectivity index is 1.86. The Kier molecular flexibility index (Phi) is 3.23. The monoisotopic (exact) mass is 206 g/mol. The molecule has 0 aromatic heterocycles. The molecule has 1 heterocycles. The number of phenols is 1. The first-order valence-corrected chi connectivity index (χ1v) is 5.44. The lowest BCUT2D eigenvalue weighted by atomic mass is 10.2. The molecular formula is C12H18N2O. The van der Waals surface area contributed by atoms with Gasteiger partial charge in [-0.3, -0.25) is 0 Å². The lowest BCUT2D eigenvalue weighted by molar-refractivity contribution is 0.396. The Bertz CT molecular complexity index is 327. The first-order valence-electron chi connectivity index (χ1n) is 5.44. The molecular weight excluding hydrogens is 188 g/mol. The minimum absolute atomic E-state index is 0.386. The number of aromatic hydroxyl groups is 1. The highest BCUT2D eigenvalue weighted by Crippen LogP contribution is 2.16. The molecule has 1 aromatic carbocycles. The molecule has 1 aliphatic rings. The Morgan fingerprint density at radius 3 is 2.93 bits per heavy atom. The SMILES string of the molecule is CN1CCC(NCc2ccccc2O)C1. The fraction of sp³-hybridized carbons (Fsp3) is 0.500. The molecule has 3 nitrogen and oxygen atoms in total. The second kappa shape index (κ2) is 4.64. The number of phenolic OH excluding ortho intramolecular Hbond substituents is 1. The molecule has 2 rings (SSSR count). The van der Waals surface area contributed by atoms with Crippen LogP contribution < -0.4 is 5.32 Å². The van der Waals surface area contributed by atoms with Gasteiger partial charge in [0.25, 0.3) is 0 Å². The van der Waals surface area contributed by atoms with Crippen molar-refractivity contribution in [3.8, 4) is 5.75 Å². The van der Waals surface area contributed by atoms with E-state index in [9.17, 15) is 5.11 Å². The van der Waals surface area contributed by atoms with Gasteiger partial charge in [-0.2, -0.15) is 0 Å². The molecule has 0 saturated carbocycles. The third-order valence-electron chi connectivity index (χ3n) is 2.96. The van der Waals surface area contributed by atoms with E-state index in [0.29, 0.717) is 11.8 Å². The van der Waals surface area contributed by atoms with Crippen LogP contribution in [-0.4, -0.2) is 36.2 Å². The Morgan fingerprint density at radius 2 is 2.27 bits per heavy atom. The van der Waals surface area contributed by atoms with Crippen molar-refractivity contribution in [1.82, 2.24) is 10.2 Å². The first kappa shape index (κ1) is 10.5. The number of nitrogens with one attached hydrogen (secondary N) is 1. The van der Waals surface area contributed by atoms with E-state index in [1.807, 2.05) is 18.2 Å². The molecule has 0 aliphatic carbocycles. The molecule has 2 N–H and O–H groups in total. The van der Waals surface area contributed by atoms with Crippen LogP contribution in [0.5, 0.6) is 5.75 Å². The number of hydrogen-bond acceptors (Lipinski definition) is 3. The predicted octanol–water partition coefficient (Wildman–Crippen LogP) is 1.19. The van der Waals surface area contributed by atoms with Crippen LogP contribution in [0, 0.1) is 0 Å². The topological polar surface area (TPSA) is 35.5 Å².